The molecule has 0 aliphatic carbocycles. The maximum atomic E-state index is 13.3. The number of piperidine rings is 1. The summed E-state index contributed by atoms with van der Waals surface area (Å²) in [4.78, 5) is 41.7. The van der Waals surface area contributed by atoms with Crippen LogP contribution in [0.2, 0.25) is 0 Å². The van der Waals surface area contributed by atoms with E-state index in [0.29, 0.717) is 30.0 Å². The molecule has 2 aromatic rings. The van der Waals surface area contributed by atoms with Crippen molar-refractivity contribution >= 4 is 23.5 Å². The van der Waals surface area contributed by atoms with Gasteiger partial charge in [-0.25, -0.2) is 9.18 Å². The molecule has 168 valence electrons. The molecular weight excluding hydrogens is 415 g/mol. The predicted molar refractivity (Wildman–Crippen MR) is 115 cm³/mol. The van der Waals surface area contributed by atoms with Crippen molar-refractivity contribution in [2.45, 2.75) is 31.5 Å². The highest BCUT2D eigenvalue weighted by Gasteiger charge is 2.47. The summed E-state index contributed by atoms with van der Waals surface area (Å²) >= 11 is 0. The number of hydrogen-bond acceptors (Lipinski definition) is 5. The van der Waals surface area contributed by atoms with Crippen molar-refractivity contribution in [2.75, 3.05) is 25.5 Å². The lowest BCUT2D eigenvalue weighted by Crippen LogP contribution is -2.70. The summed E-state index contributed by atoms with van der Waals surface area (Å²) in [5, 5.41) is 5.97. The number of methoxy groups -OCH3 is 1. The zero-order valence-electron chi connectivity index (χ0n) is 17.7. The molecule has 4 amide bonds. The van der Waals surface area contributed by atoms with E-state index in [1.54, 1.807) is 24.3 Å². The van der Waals surface area contributed by atoms with Gasteiger partial charge in [-0.3, -0.25) is 14.5 Å². The first kappa shape index (κ1) is 21.8. The van der Waals surface area contributed by atoms with E-state index in [0.717, 1.165) is 11.3 Å². The summed E-state index contributed by atoms with van der Waals surface area (Å²) in [6, 6.07) is 11.1. The summed E-state index contributed by atoms with van der Waals surface area (Å²) < 4.78 is 18.4. The fourth-order valence-electron chi connectivity index (χ4n) is 4.18. The summed E-state index contributed by atoms with van der Waals surface area (Å²) in [7, 11) is 1.54. The lowest BCUT2D eigenvalue weighted by molar-refractivity contribution is -0.138. The van der Waals surface area contributed by atoms with Crippen molar-refractivity contribution in [3.05, 3.63) is 59.9 Å². The van der Waals surface area contributed by atoms with E-state index in [4.69, 9.17) is 4.74 Å². The molecule has 0 aromatic heterocycles. The van der Waals surface area contributed by atoms with E-state index in [1.165, 1.54) is 36.3 Å². The van der Waals surface area contributed by atoms with Crippen LogP contribution in [-0.4, -0.2) is 59.9 Å². The van der Waals surface area contributed by atoms with Crippen LogP contribution in [0, 0.1) is 5.82 Å². The Balaban J connectivity index is 1.53. The van der Waals surface area contributed by atoms with Crippen LogP contribution in [-0.2, 0) is 16.1 Å². The number of imide groups is 1. The van der Waals surface area contributed by atoms with Crippen LogP contribution in [0.15, 0.2) is 48.5 Å². The fraction of sp³-hybridized carbons (Fsp3) is 0.348. The second-order valence-electron chi connectivity index (χ2n) is 7.88. The Bertz CT molecular complexity index is 1010. The van der Waals surface area contributed by atoms with Gasteiger partial charge in [0.2, 0.25) is 11.8 Å². The van der Waals surface area contributed by atoms with Crippen LogP contribution >= 0.6 is 0 Å². The Morgan fingerprint density at radius 2 is 2.00 bits per heavy atom. The summed E-state index contributed by atoms with van der Waals surface area (Å²) in [6.07, 6.45) is 1.43. The van der Waals surface area contributed by atoms with Crippen molar-refractivity contribution in [1.82, 2.24) is 15.1 Å². The van der Waals surface area contributed by atoms with Gasteiger partial charge in [0.1, 0.15) is 24.2 Å². The predicted octanol–water partition coefficient (Wildman–Crippen LogP) is 2.36. The average molecular weight is 440 g/mol. The number of urea groups is 1. The normalized spacial score (nSPS) is 20.7. The number of benzene rings is 2. The fourth-order valence-corrected chi connectivity index (χ4v) is 4.18. The van der Waals surface area contributed by atoms with E-state index in [1.807, 2.05) is 0 Å². The van der Waals surface area contributed by atoms with Crippen molar-refractivity contribution < 1.29 is 23.5 Å². The molecule has 0 saturated carbocycles. The Hall–Kier alpha value is -3.46. The van der Waals surface area contributed by atoms with E-state index in [2.05, 4.69) is 10.6 Å². The van der Waals surface area contributed by atoms with Crippen molar-refractivity contribution in [2.24, 2.45) is 0 Å². The van der Waals surface area contributed by atoms with Gasteiger partial charge in [-0.2, -0.15) is 0 Å². The third kappa shape index (κ3) is 4.57. The minimum absolute atomic E-state index is 0.0108. The minimum Gasteiger partial charge on any atom is -0.497 e. The van der Waals surface area contributed by atoms with Gasteiger partial charge in [0.15, 0.2) is 0 Å². The molecule has 2 atom stereocenters. The third-order valence-corrected chi connectivity index (χ3v) is 5.76. The number of amides is 4. The monoisotopic (exact) mass is 440 g/mol. The van der Waals surface area contributed by atoms with E-state index in [-0.39, 0.29) is 24.9 Å². The number of nitrogens with one attached hydrogen (secondary N) is 2. The molecule has 2 N–H and O–H groups in total. The Labute approximate surface area is 185 Å². The number of fused-ring (bicyclic) bond motifs is 1. The molecular formula is C23H25FN4O4. The molecule has 8 nitrogen and oxygen atoms in total. The number of rotatable bonds is 6. The summed E-state index contributed by atoms with van der Waals surface area (Å²) in [5.41, 5.74) is 1.18. The quantitative estimate of drug-likeness (QED) is 0.720. The SMILES string of the molecule is COc1cccc(NC(=O)CN2C(=O)N(Cc3ccc(F)cc3)C(=O)C3NCCCC32)c1. The van der Waals surface area contributed by atoms with E-state index in [9.17, 15) is 18.8 Å². The van der Waals surface area contributed by atoms with Gasteiger partial charge >= 0.3 is 6.03 Å². The molecule has 4 rings (SSSR count). The van der Waals surface area contributed by atoms with Gasteiger partial charge < -0.3 is 20.3 Å². The van der Waals surface area contributed by atoms with Crippen LogP contribution in [0.1, 0.15) is 18.4 Å². The van der Waals surface area contributed by atoms with Crippen molar-refractivity contribution in [3.63, 3.8) is 0 Å². The first-order valence-electron chi connectivity index (χ1n) is 10.5. The zero-order valence-corrected chi connectivity index (χ0v) is 17.7. The molecule has 2 fully saturated rings. The van der Waals surface area contributed by atoms with Crippen molar-refractivity contribution in [3.8, 4) is 5.75 Å². The third-order valence-electron chi connectivity index (χ3n) is 5.76. The molecule has 0 bridgehead atoms. The molecule has 2 aromatic carbocycles. The molecule has 2 heterocycles. The highest BCUT2D eigenvalue weighted by molar-refractivity contribution is 6.02. The molecule has 0 radical (unpaired) electrons. The maximum Gasteiger partial charge on any atom is 0.327 e. The number of halogens is 1. The molecule has 32 heavy (non-hydrogen) atoms. The highest BCUT2D eigenvalue weighted by atomic mass is 19.1. The Kier molecular flexibility index (Phi) is 6.36. The van der Waals surface area contributed by atoms with Crippen molar-refractivity contribution in [1.29, 1.82) is 0 Å². The smallest absolute Gasteiger partial charge is 0.327 e. The summed E-state index contributed by atoms with van der Waals surface area (Å²) in [5.74, 6) is -0.486. The number of carbonyl (C=O) groups is 3. The average Bonchev–Trinajstić information content (AvgIpc) is 2.81. The lowest BCUT2D eigenvalue weighted by Gasteiger charge is -2.46. The summed E-state index contributed by atoms with van der Waals surface area (Å²) in [6.45, 7) is 0.484. The molecule has 2 saturated heterocycles. The van der Waals surface area contributed by atoms with Crippen LogP contribution in [0.3, 0.4) is 0 Å². The number of hydrogen-bond donors (Lipinski definition) is 2. The first-order valence-corrected chi connectivity index (χ1v) is 10.5. The molecule has 0 spiro atoms. The number of carbonyl (C=O) groups excluding carboxylic acids is 3. The maximum absolute atomic E-state index is 13.3. The number of ether oxygens (including phenoxy) is 1. The van der Waals surface area contributed by atoms with Gasteiger partial charge in [-0.1, -0.05) is 18.2 Å². The second-order valence-corrected chi connectivity index (χ2v) is 7.88. The van der Waals surface area contributed by atoms with Crippen LogP contribution in [0.25, 0.3) is 0 Å². The minimum atomic E-state index is -0.577. The highest BCUT2D eigenvalue weighted by Crippen LogP contribution is 2.26. The number of nitrogens with zero attached hydrogens (tertiary/aromatic N) is 2. The molecule has 2 unspecified atom stereocenters. The van der Waals surface area contributed by atoms with Gasteiger partial charge in [-0.15, -0.1) is 0 Å². The standard InChI is InChI=1S/C23H25FN4O4/c1-32-18-5-2-4-17(12-18)26-20(29)14-27-19-6-3-11-25-21(19)22(30)28(23(27)31)13-15-7-9-16(24)10-8-15/h2,4-5,7-10,12,19,21,25H,3,6,11,13-14H2,1H3,(H,26,29). The topological polar surface area (TPSA) is 91.0 Å². The first-order chi connectivity index (χ1) is 15.5. The van der Waals surface area contributed by atoms with Gasteiger partial charge in [0, 0.05) is 11.8 Å². The van der Waals surface area contributed by atoms with Crippen LogP contribution in [0.5, 0.6) is 5.75 Å². The van der Waals surface area contributed by atoms with Gasteiger partial charge in [-0.05, 0) is 49.2 Å². The van der Waals surface area contributed by atoms with Gasteiger partial charge in [0.25, 0.3) is 0 Å². The second kappa shape index (κ2) is 9.35. The van der Waals surface area contributed by atoms with E-state index < -0.39 is 23.9 Å². The van der Waals surface area contributed by atoms with E-state index >= 15 is 0 Å². The molecule has 2 aliphatic heterocycles. The Morgan fingerprint density at radius 3 is 2.75 bits per heavy atom. The molecule has 2 aliphatic rings. The van der Waals surface area contributed by atoms with Crippen LogP contribution < -0.4 is 15.4 Å². The largest absolute Gasteiger partial charge is 0.497 e. The number of anilines is 1. The molecule has 9 heteroatoms. The zero-order chi connectivity index (χ0) is 22.7. The lowest BCUT2D eigenvalue weighted by atomic mass is 9.93. The Morgan fingerprint density at radius 1 is 1.22 bits per heavy atom. The van der Waals surface area contributed by atoms with Crippen LogP contribution in [0.4, 0.5) is 14.9 Å². The van der Waals surface area contributed by atoms with Gasteiger partial charge in [0.05, 0.1) is 19.7 Å².